The zero-order valence-electron chi connectivity index (χ0n) is 11.0. The third-order valence-electron chi connectivity index (χ3n) is 2.41. The van der Waals surface area contributed by atoms with E-state index in [2.05, 4.69) is 0 Å². The molecule has 0 saturated carbocycles. The van der Waals surface area contributed by atoms with Gasteiger partial charge in [-0.1, -0.05) is 6.92 Å². The molecule has 4 heteroatoms. The molecule has 0 N–H and O–H groups in total. The smallest absolute Gasteiger partial charge is 0.311 e. The van der Waals surface area contributed by atoms with Crippen LogP contribution in [0.4, 0.5) is 0 Å². The third kappa shape index (κ3) is 5.14. The third-order valence-corrected chi connectivity index (χ3v) is 2.41. The van der Waals surface area contributed by atoms with Crippen molar-refractivity contribution < 1.29 is 19.1 Å². The van der Waals surface area contributed by atoms with E-state index in [0.29, 0.717) is 6.42 Å². The average Bonchev–Trinajstić information content (AvgIpc) is 2.12. The van der Waals surface area contributed by atoms with Gasteiger partial charge in [-0.25, -0.2) is 0 Å². The summed E-state index contributed by atoms with van der Waals surface area (Å²) in [6.07, 6.45) is 0.708. The van der Waals surface area contributed by atoms with Crippen LogP contribution in [0.1, 0.15) is 48.0 Å². The van der Waals surface area contributed by atoms with Crippen molar-refractivity contribution in [3.63, 3.8) is 0 Å². The van der Waals surface area contributed by atoms with E-state index >= 15 is 0 Å². The Balaban J connectivity index is 4.25. The number of hydrogen-bond acceptors (Lipinski definition) is 4. The van der Waals surface area contributed by atoms with Gasteiger partial charge < -0.3 is 9.47 Å². The van der Waals surface area contributed by atoms with Gasteiger partial charge in [0, 0.05) is 6.92 Å². The molecule has 0 atom stereocenters. The standard InChI is InChI=1S/C12H22O4/c1-7-11(3,4)10(14)15-8-12(5,6)16-9(2)13/h7-8H2,1-6H3. The summed E-state index contributed by atoms with van der Waals surface area (Å²) in [6, 6.07) is 0. The van der Waals surface area contributed by atoms with Crippen LogP contribution in [-0.2, 0) is 19.1 Å². The SMILES string of the molecule is CCC(C)(C)C(=O)OCC(C)(C)OC(C)=O. The van der Waals surface area contributed by atoms with Gasteiger partial charge in [0.1, 0.15) is 12.2 Å². The zero-order chi connectivity index (χ0) is 13.0. The summed E-state index contributed by atoms with van der Waals surface area (Å²) in [5.74, 6) is -0.647. The van der Waals surface area contributed by atoms with Crippen LogP contribution >= 0.6 is 0 Å². The molecule has 0 amide bonds. The largest absolute Gasteiger partial charge is 0.461 e. The molecule has 0 aromatic carbocycles. The molecular formula is C12H22O4. The Morgan fingerprint density at radius 3 is 2.00 bits per heavy atom. The first-order chi connectivity index (χ1) is 7.10. The molecule has 0 aliphatic carbocycles. The predicted molar refractivity (Wildman–Crippen MR) is 60.9 cm³/mol. The van der Waals surface area contributed by atoms with Crippen molar-refractivity contribution in [3.05, 3.63) is 0 Å². The summed E-state index contributed by atoms with van der Waals surface area (Å²) in [6.45, 7) is 10.4. The van der Waals surface area contributed by atoms with Crippen LogP contribution in [0.15, 0.2) is 0 Å². The van der Waals surface area contributed by atoms with Gasteiger partial charge >= 0.3 is 11.9 Å². The average molecular weight is 230 g/mol. The van der Waals surface area contributed by atoms with Crippen LogP contribution in [0.3, 0.4) is 0 Å². The molecule has 0 unspecified atom stereocenters. The second-order valence-corrected chi connectivity index (χ2v) is 5.17. The first-order valence-electron chi connectivity index (χ1n) is 5.47. The van der Waals surface area contributed by atoms with Crippen LogP contribution in [0, 0.1) is 5.41 Å². The Labute approximate surface area is 97.3 Å². The lowest BCUT2D eigenvalue weighted by Gasteiger charge is -2.27. The maximum atomic E-state index is 11.7. The van der Waals surface area contributed by atoms with Gasteiger partial charge in [-0.2, -0.15) is 0 Å². The molecule has 16 heavy (non-hydrogen) atoms. The molecule has 0 aromatic heterocycles. The van der Waals surface area contributed by atoms with E-state index in [1.807, 2.05) is 20.8 Å². The number of ether oxygens (including phenoxy) is 2. The van der Waals surface area contributed by atoms with Crippen molar-refractivity contribution >= 4 is 11.9 Å². The fourth-order valence-electron chi connectivity index (χ4n) is 0.998. The van der Waals surface area contributed by atoms with E-state index in [-0.39, 0.29) is 18.5 Å². The topological polar surface area (TPSA) is 52.6 Å². The van der Waals surface area contributed by atoms with Gasteiger partial charge in [0.25, 0.3) is 0 Å². The normalized spacial score (nSPS) is 12.1. The molecule has 0 saturated heterocycles. The zero-order valence-corrected chi connectivity index (χ0v) is 11.0. The first-order valence-corrected chi connectivity index (χ1v) is 5.47. The molecule has 0 aliphatic heterocycles. The number of carbonyl (C=O) groups excluding carboxylic acids is 2. The minimum Gasteiger partial charge on any atom is -0.461 e. The van der Waals surface area contributed by atoms with Crippen LogP contribution < -0.4 is 0 Å². The van der Waals surface area contributed by atoms with E-state index < -0.39 is 11.0 Å². The van der Waals surface area contributed by atoms with Crippen LogP contribution in [-0.4, -0.2) is 24.1 Å². The Kier molecular flexibility index (Phi) is 4.97. The van der Waals surface area contributed by atoms with E-state index in [4.69, 9.17) is 9.47 Å². The highest BCUT2D eigenvalue weighted by Crippen LogP contribution is 2.22. The maximum absolute atomic E-state index is 11.7. The van der Waals surface area contributed by atoms with E-state index in [0.717, 1.165) is 0 Å². The van der Waals surface area contributed by atoms with Crippen molar-refractivity contribution in [2.75, 3.05) is 6.61 Å². The summed E-state index contributed by atoms with van der Waals surface area (Å²) in [4.78, 5) is 22.5. The van der Waals surface area contributed by atoms with Crippen molar-refractivity contribution in [1.29, 1.82) is 0 Å². The highest BCUT2D eigenvalue weighted by atomic mass is 16.6. The maximum Gasteiger partial charge on any atom is 0.311 e. The lowest BCUT2D eigenvalue weighted by atomic mass is 9.91. The number of hydrogen-bond donors (Lipinski definition) is 0. The molecule has 94 valence electrons. The second-order valence-electron chi connectivity index (χ2n) is 5.17. The Hall–Kier alpha value is -1.06. The van der Waals surface area contributed by atoms with E-state index in [1.54, 1.807) is 13.8 Å². The Morgan fingerprint density at radius 2 is 1.62 bits per heavy atom. The lowest BCUT2D eigenvalue weighted by molar-refractivity contribution is -0.171. The summed E-state index contributed by atoms with van der Waals surface area (Å²) < 4.78 is 10.2. The monoisotopic (exact) mass is 230 g/mol. The molecule has 0 spiro atoms. The number of esters is 2. The van der Waals surface area contributed by atoms with Gasteiger partial charge in [0.2, 0.25) is 0 Å². The number of carbonyl (C=O) groups is 2. The van der Waals surface area contributed by atoms with Crippen molar-refractivity contribution in [3.8, 4) is 0 Å². The van der Waals surface area contributed by atoms with Crippen molar-refractivity contribution in [1.82, 2.24) is 0 Å². The Bertz CT molecular complexity index is 266. The summed E-state index contributed by atoms with van der Waals surface area (Å²) in [7, 11) is 0. The molecule has 4 nitrogen and oxygen atoms in total. The lowest BCUT2D eigenvalue weighted by Crippen LogP contribution is -2.36. The predicted octanol–water partition coefficient (Wildman–Crippen LogP) is 2.31. The van der Waals surface area contributed by atoms with Gasteiger partial charge in [0.15, 0.2) is 0 Å². The minimum absolute atomic E-state index is 0.0782. The van der Waals surface area contributed by atoms with Gasteiger partial charge in [-0.15, -0.1) is 0 Å². The molecular weight excluding hydrogens is 208 g/mol. The van der Waals surface area contributed by atoms with Crippen LogP contribution in [0.2, 0.25) is 0 Å². The highest BCUT2D eigenvalue weighted by molar-refractivity contribution is 5.75. The van der Waals surface area contributed by atoms with Crippen molar-refractivity contribution in [2.24, 2.45) is 5.41 Å². The molecule has 0 bridgehead atoms. The molecule has 0 aromatic rings. The van der Waals surface area contributed by atoms with Gasteiger partial charge in [0.05, 0.1) is 5.41 Å². The molecule has 0 rings (SSSR count). The molecule has 0 heterocycles. The summed E-state index contributed by atoms with van der Waals surface area (Å²) >= 11 is 0. The summed E-state index contributed by atoms with van der Waals surface area (Å²) in [5, 5.41) is 0. The quantitative estimate of drug-likeness (QED) is 0.680. The van der Waals surface area contributed by atoms with Gasteiger partial charge in [-0.05, 0) is 34.1 Å². The fraction of sp³-hybridized carbons (Fsp3) is 0.833. The first kappa shape index (κ1) is 14.9. The fourth-order valence-corrected chi connectivity index (χ4v) is 0.998. The van der Waals surface area contributed by atoms with Crippen LogP contribution in [0.25, 0.3) is 0 Å². The molecule has 0 radical (unpaired) electrons. The number of rotatable bonds is 5. The highest BCUT2D eigenvalue weighted by Gasteiger charge is 2.30. The van der Waals surface area contributed by atoms with Gasteiger partial charge in [-0.3, -0.25) is 9.59 Å². The minimum atomic E-state index is -0.773. The van der Waals surface area contributed by atoms with E-state index in [1.165, 1.54) is 6.92 Å². The summed E-state index contributed by atoms with van der Waals surface area (Å²) in [5.41, 5.74) is -1.27. The van der Waals surface area contributed by atoms with Crippen molar-refractivity contribution in [2.45, 2.75) is 53.6 Å². The van der Waals surface area contributed by atoms with Crippen LogP contribution in [0.5, 0.6) is 0 Å². The van der Waals surface area contributed by atoms with E-state index in [9.17, 15) is 9.59 Å². The Morgan fingerprint density at radius 1 is 1.12 bits per heavy atom. The molecule has 0 fully saturated rings. The molecule has 0 aliphatic rings. The second kappa shape index (κ2) is 5.32.